The van der Waals surface area contributed by atoms with E-state index in [2.05, 4.69) is 10.3 Å². The van der Waals surface area contributed by atoms with Gasteiger partial charge >= 0.3 is 5.97 Å². The molecule has 0 aliphatic heterocycles. The van der Waals surface area contributed by atoms with Crippen LogP contribution >= 0.6 is 0 Å². The summed E-state index contributed by atoms with van der Waals surface area (Å²) in [5, 5.41) is 12.2. The average Bonchev–Trinajstić information content (AvgIpc) is 2.77. The molecule has 96 valence electrons. The molecule has 1 atom stereocenters. The Hall–Kier alpha value is -1.56. The fraction of sp³-hybridized carbons (Fsp3) is 0.636. The number of oxazole rings is 1. The molecule has 1 unspecified atom stereocenters. The van der Waals surface area contributed by atoms with Crippen molar-refractivity contribution in [1.82, 2.24) is 4.98 Å². The predicted molar refractivity (Wildman–Crippen MR) is 61.9 cm³/mol. The smallest absolute Gasteiger partial charge is 0.360 e. The zero-order valence-electron chi connectivity index (χ0n) is 10.3. The van der Waals surface area contributed by atoms with Gasteiger partial charge in [-0.25, -0.2) is 4.79 Å². The minimum absolute atomic E-state index is 0.0549. The molecular weight excluding hydrogens is 224 g/mol. The lowest BCUT2D eigenvalue weighted by molar-refractivity contribution is 0.0519. The second kappa shape index (κ2) is 5.67. The van der Waals surface area contributed by atoms with E-state index < -0.39 is 11.5 Å². The van der Waals surface area contributed by atoms with Crippen molar-refractivity contribution in [2.45, 2.75) is 32.7 Å². The normalized spacial score (nSPS) is 14.1. The maximum absolute atomic E-state index is 11.3. The fourth-order valence-electron chi connectivity index (χ4n) is 1.13. The van der Waals surface area contributed by atoms with Gasteiger partial charge in [0.05, 0.1) is 18.8 Å². The molecule has 6 nitrogen and oxygen atoms in total. The summed E-state index contributed by atoms with van der Waals surface area (Å²) in [7, 11) is 0. The molecule has 0 fully saturated rings. The van der Waals surface area contributed by atoms with Crippen LogP contribution in [-0.2, 0) is 4.74 Å². The van der Waals surface area contributed by atoms with E-state index in [0.717, 1.165) is 0 Å². The van der Waals surface area contributed by atoms with Gasteiger partial charge in [0.15, 0.2) is 5.69 Å². The maximum Gasteiger partial charge on any atom is 0.360 e. The number of anilines is 1. The Morgan fingerprint density at radius 1 is 1.65 bits per heavy atom. The molecule has 1 heterocycles. The van der Waals surface area contributed by atoms with Crippen LogP contribution in [0, 0.1) is 0 Å². The highest BCUT2D eigenvalue weighted by Gasteiger charge is 2.23. The fourth-order valence-corrected chi connectivity index (χ4v) is 1.13. The van der Waals surface area contributed by atoms with E-state index in [4.69, 9.17) is 9.15 Å². The Morgan fingerprint density at radius 3 is 2.88 bits per heavy atom. The molecule has 6 heteroatoms. The zero-order chi connectivity index (χ0) is 12.9. The van der Waals surface area contributed by atoms with Crippen molar-refractivity contribution < 1.29 is 19.1 Å². The first-order valence-corrected chi connectivity index (χ1v) is 5.56. The van der Waals surface area contributed by atoms with Crippen LogP contribution in [0.5, 0.6) is 0 Å². The highest BCUT2D eigenvalue weighted by atomic mass is 16.5. The number of esters is 1. The summed E-state index contributed by atoms with van der Waals surface area (Å²) in [6, 6.07) is 0.200. The third-order valence-electron chi connectivity index (χ3n) is 2.53. The number of aromatic nitrogens is 1. The second-order valence-electron chi connectivity index (χ2n) is 3.96. The topological polar surface area (TPSA) is 84.6 Å². The molecule has 0 spiro atoms. The SMILES string of the molecule is CCOC(=O)c1coc(NC(C)(CC)CO)n1. The molecule has 0 radical (unpaired) electrons. The molecule has 1 aromatic rings. The Labute approximate surface area is 100.0 Å². The highest BCUT2D eigenvalue weighted by Crippen LogP contribution is 2.17. The molecule has 0 aliphatic rings. The standard InChI is InChI=1S/C11H18N2O4/c1-4-11(3,7-14)13-10-12-8(6-17-10)9(15)16-5-2/h6,14H,4-5,7H2,1-3H3,(H,12,13). The first-order chi connectivity index (χ1) is 8.04. The number of hydrogen-bond acceptors (Lipinski definition) is 6. The number of ether oxygens (including phenoxy) is 1. The number of nitrogens with zero attached hydrogens (tertiary/aromatic N) is 1. The average molecular weight is 242 g/mol. The number of aliphatic hydroxyl groups excluding tert-OH is 1. The Bertz CT molecular complexity index is 371. The molecule has 1 rings (SSSR count). The lowest BCUT2D eigenvalue weighted by Crippen LogP contribution is -2.38. The monoisotopic (exact) mass is 242 g/mol. The lowest BCUT2D eigenvalue weighted by Gasteiger charge is -2.25. The van der Waals surface area contributed by atoms with Gasteiger partial charge < -0.3 is 19.6 Å². The molecular formula is C11H18N2O4. The summed E-state index contributed by atoms with van der Waals surface area (Å²) in [6.45, 7) is 5.72. The van der Waals surface area contributed by atoms with Crippen LogP contribution in [0.25, 0.3) is 0 Å². The minimum atomic E-state index is -0.522. The van der Waals surface area contributed by atoms with Crippen molar-refractivity contribution in [2.75, 3.05) is 18.5 Å². The maximum atomic E-state index is 11.3. The zero-order valence-corrected chi connectivity index (χ0v) is 10.3. The second-order valence-corrected chi connectivity index (χ2v) is 3.96. The number of nitrogens with one attached hydrogen (secondary N) is 1. The summed E-state index contributed by atoms with van der Waals surface area (Å²) >= 11 is 0. The quantitative estimate of drug-likeness (QED) is 0.734. The van der Waals surface area contributed by atoms with E-state index in [1.54, 1.807) is 6.92 Å². The molecule has 0 saturated heterocycles. The number of rotatable bonds is 6. The van der Waals surface area contributed by atoms with Gasteiger partial charge in [-0.2, -0.15) is 4.98 Å². The van der Waals surface area contributed by atoms with Gasteiger partial charge in [0.2, 0.25) is 0 Å². The van der Waals surface area contributed by atoms with Gasteiger partial charge in [-0.3, -0.25) is 0 Å². The number of aliphatic hydroxyl groups is 1. The third-order valence-corrected chi connectivity index (χ3v) is 2.53. The molecule has 0 saturated carbocycles. The van der Waals surface area contributed by atoms with Crippen molar-refractivity contribution in [3.05, 3.63) is 12.0 Å². The minimum Gasteiger partial charge on any atom is -0.461 e. The van der Waals surface area contributed by atoms with Gasteiger partial charge in [0, 0.05) is 0 Å². The number of hydrogen-bond donors (Lipinski definition) is 2. The van der Waals surface area contributed by atoms with Crippen molar-refractivity contribution in [3.63, 3.8) is 0 Å². The highest BCUT2D eigenvalue weighted by molar-refractivity contribution is 5.87. The summed E-state index contributed by atoms with van der Waals surface area (Å²) in [5.74, 6) is -0.522. The van der Waals surface area contributed by atoms with Gasteiger partial charge in [-0.05, 0) is 20.3 Å². The molecule has 1 aromatic heterocycles. The van der Waals surface area contributed by atoms with Crippen LogP contribution in [0.2, 0.25) is 0 Å². The van der Waals surface area contributed by atoms with E-state index in [-0.39, 0.29) is 24.9 Å². The Morgan fingerprint density at radius 2 is 2.35 bits per heavy atom. The lowest BCUT2D eigenvalue weighted by atomic mass is 10.0. The van der Waals surface area contributed by atoms with Gasteiger partial charge in [0.1, 0.15) is 6.26 Å². The molecule has 0 amide bonds. The molecule has 17 heavy (non-hydrogen) atoms. The summed E-state index contributed by atoms with van der Waals surface area (Å²) in [4.78, 5) is 15.3. The molecule has 2 N–H and O–H groups in total. The Kier molecular flexibility index (Phi) is 4.51. The van der Waals surface area contributed by atoms with Gasteiger partial charge in [0.25, 0.3) is 6.01 Å². The van der Waals surface area contributed by atoms with Gasteiger partial charge in [-0.1, -0.05) is 6.92 Å². The van der Waals surface area contributed by atoms with Crippen LogP contribution in [0.4, 0.5) is 6.01 Å². The Balaban J connectivity index is 2.71. The third kappa shape index (κ3) is 3.45. The summed E-state index contributed by atoms with van der Waals surface area (Å²) in [5.41, 5.74) is -0.401. The largest absolute Gasteiger partial charge is 0.461 e. The van der Waals surface area contributed by atoms with Gasteiger partial charge in [-0.15, -0.1) is 0 Å². The van der Waals surface area contributed by atoms with Crippen LogP contribution in [-0.4, -0.2) is 34.8 Å². The number of carbonyl (C=O) groups excluding carboxylic acids is 1. The van der Waals surface area contributed by atoms with Crippen molar-refractivity contribution >= 4 is 12.0 Å². The van der Waals surface area contributed by atoms with Crippen molar-refractivity contribution in [1.29, 1.82) is 0 Å². The first kappa shape index (κ1) is 13.5. The van der Waals surface area contributed by atoms with E-state index in [1.165, 1.54) is 6.26 Å². The first-order valence-electron chi connectivity index (χ1n) is 5.56. The predicted octanol–water partition coefficient (Wildman–Crippen LogP) is 1.42. The van der Waals surface area contributed by atoms with Crippen molar-refractivity contribution in [2.24, 2.45) is 0 Å². The summed E-state index contributed by atoms with van der Waals surface area (Å²) < 4.78 is 9.88. The van der Waals surface area contributed by atoms with Crippen LogP contribution in [0.15, 0.2) is 10.7 Å². The number of carbonyl (C=O) groups is 1. The molecule has 0 bridgehead atoms. The molecule has 0 aromatic carbocycles. The van der Waals surface area contributed by atoms with Crippen LogP contribution < -0.4 is 5.32 Å². The van der Waals surface area contributed by atoms with E-state index in [1.807, 2.05) is 13.8 Å². The van der Waals surface area contributed by atoms with Crippen LogP contribution in [0.3, 0.4) is 0 Å². The van der Waals surface area contributed by atoms with E-state index >= 15 is 0 Å². The summed E-state index contributed by atoms with van der Waals surface area (Å²) in [6.07, 6.45) is 1.93. The van der Waals surface area contributed by atoms with E-state index in [9.17, 15) is 9.90 Å². The van der Waals surface area contributed by atoms with E-state index in [0.29, 0.717) is 6.42 Å². The van der Waals surface area contributed by atoms with Crippen molar-refractivity contribution in [3.8, 4) is 0 Å². The molecule has 0 aliphatic carbocycles. The van der Waals surface area contributed by atoms with Crippen LogP contribution in [0.1, 0.15) is 37.7 Å².